The number of nitrogens with two attached hydrogens (primary N) is 1. The third-order valence-corrected chi connectivity index (χ3v) is 2.20. The first-order valence-corrected chi connectivity index (χ1v) is 4.72. The fraction of sp³-hybridized carbons (Fsp3) is 0.778. The predicted molar refractivity (Wildman–Crippen MR) is 49.2 cm³/mol. The van der Waals surface area contributed by atoms with Crippen molar-refractivity contribution in [3.63, 3.8) is 0 Å². The van der Waals surface area contributed by atoms with Gasteiger partial charge in [0.05, 0.1) is 6.07 Å². The molecule has 0 heterocycles. The molecule has 0 saturated heterocycles. The Morgan fingerprint density at radius 2 is 1.69 bits per heavy atom. The number of carboxylic acid groups (broad SMARTS) is 1. The number of nitrogens with zero attached hydrogens (tertiary/aromatic N) is 1. The standard InChI is InChI=1S/C7H12N2.C2HF3O2/c8-5-6-1-3-7(9)4-2-6;3-2(4,5)1(6)7/h6-7H,1-4,9H2;(H,6,7). The van der Waals surface area contributed by atoms with Gasteiger partial charge in [0.1, 0.15) is 0 Å². The first-order valence-electron chi connectivity index (χ1n) is 4.72. The van der Waals surface area contributed by atoms with Crippen molar-refractivity contribution in [3.05, 3.63) is 0 Å². The van der Waals surface area contributed by atoms with Crippen LogP contribution in [-0.2, 0) is 4.79 Å². The molecule has 1 fully saturated rings. The number of nitriles is 1. The molecule has 0 unspecified atom stereocenters. The molecular weight excluding hydrogens is 225 g/mol. The van der Waals surface area contributed by atoms with Crippen LogP contribution in [0, 0.1) is 17.2 Å². The number of aliphatic carboxylic acids is 1. The van der Waals surface area contributed by atoms with Crippen molar-refractivity contribution in [1.82, 2.24) is 0 Å². The molecule has 0 amide bonds. The van der Waals surface area contributed by atoms with Crippen LogP contribution in [0.4, 0.5) is 13.2 Å². The Morgan fingerprint density at radius 3 is 1.94 bits per heavy atom. The Balaban J connectivity index is 0.000000293. The highest BCUT2D eigenvalue weighted by atomic mass is 19.4. The molecule has 1 saturated carbocycles. The van der Waals surface area contributed by atoms with Crippen LogP contribution in [0.1, 0.15) is 25.7 Å². The van der Waals surface area contributed by atoms with E-state index in [2.05, 4.69) is 6.07 Å². The third-order valence-electron chi connectivity index (χ3n) is 2.20. The van der Waals surface area contributed by atoms with Crippen molar-refractivity contribution >= 4 is 5.97 Å². The zero-order valence-corrected chi connectivity index (χ0v) is 8.50. The van der Waals surface area contributed by atoms with Crippen LogP contribution in [0.25, 0.3) is 0 Å². The minimum atomic E-state index is -5.08. The average Bonchev–Trinajstić information content (AvgIpc) is 2.18. The molecule has 0 radical (unpaired) electrons. The zero-order chi connectivity index (χ0) is 12.8. The van der Waals surface area contributed by atoms with Crippen molar-refractivity contribution in [1.29, 1.82) is 5.26 Å². The van der Waals surface area contributed by atoms with E-state index >= 15 is 0 Å². The van der Waals surface area contributed by atoms with Gasteiger partial charge in [0.25, 0.3) is 0 Å². The van der Waals surface area contributed by atoms with Gasteiger partial charge in [-0.2, -0.15) is 18.4 Å². The summed E-state index contributed by atoms with van der Waals surface area (Å²) in [4.78, 5) is 8.90. The largest absolute Gasteiger partial charge is 0.490 e. The molecule has 1 aliphatic rings. The molecule has 4 nitrogen and oxygen atoms in total. The van der Waals surface area contributed by atoms with E-state index < -0.39 is 12.1 Å². The molecule has 0 aromatic heterocycles. The van der Waals surface area contributed by atoms with Crippen LogP contribution in [0.3, 0.4) is 0 Å². The molecule has 16 heavy (non-hydrogen) atoms. The Hall–Kier alpha value is -1.29. The number of alkyl halides is 3. The maximum atomic E-state index is 10.6. The number of rotatable bonds is 0. The number of hydrogen-bond donors (Lipinski definition) is 2. The van der Waals surface area contributed by atoms with E-state index in [1.165, 1.54) is 0 Å². The molecule has 1 aliphatic carbocycles. The fourth-order valence-electron chi connectivity index (χ4n) is 1.25. The van der Waals surface area contributed by atoms with Gasteiger partial charge >= 0.3 is 12.1 Å². The van der Waals surface area contributed by atoms with E-state index in [0.29, 0.717) is 12.0 Å². The smallest absolute Gasteiger partial charge is 0.475 e. The van der Waals surface area contributed by atoms with Crippen molar-refractivity contribution in [3.8, 4) is 6.07 Å². The predicted octanol–water partition coefficient (Wildman–Crippen LogP) is 1.66. The average molecular weight is 238 g/mol. The second kappa shape index (κ2) is 6.33. The highest BCUT2D eigenvalue weighted by Gasteiger charge is 2.38. The molecule has 0 atom stereocenters. The van der Waals surface area contributed by atoms with E-state index in [1.54, 1.807) is 0 Å². The second-order valence-corrected chi connectivity index (χ2v) is 3.54. The van der Waals surface area contributed by atoms with Crippen LogP contribution < -0.4 is 5.73 Å². The Bertz CT molecular complexity index is 265. The van der Waals surface area contributed by atoms with Gasteiger partial charge in [0.2, 0.25) is 0 Å². The quantitative estimate of drug-likeness (QED) is 0.671. The van der Waals surface area contributed by atoms with E-state index in [1.807, 2.05) is 0 Å². The lowest BCUT2D eigenvalue weighted by molar-refractivity contribution is -0.192. The Morgan fingerprint density at radius 1 is 1.31 bits per heavy atom. The van der Waals surface area contributed by atoms with E-state index in [4.69, 9.17) is 20.9 Å². The number of carbonyl (C=O) groups is 1. The maximum absolute atomic E-state index is 10.6. The molecule has 1 rings (SSSR count). The van der Waals surface area contributed by atoms with Crippen molar-refractivity contribution in [2.24, 2.45) is 11.7 Å². The summed E-state index contributed by atoms with van der Waals surface area (Å²) in [6, 6.07) is 2.64. The van der Waals surface area contributed by atoms with Gasteiger partial charge in [-0.15, -0.1) is 0 Å². The molecule has 0 aromatic rings. The SMILES string of the molecule is N#CC1CCC(N)CC1.O=C(O)C(F)(F)F. The van der Waals surface area contributed by atoms with Crippen LogP contribution in [0.5, 0.6) is 0 Å². The van der Waals surface area contributed by atoms with Gasteiger partial charge in [0, 0.05) is 12.0 Å². The van der Waals surface area contributed by atoms with Gasteiger partial charge < -0.3 is 10.8 Å². The zero-order valence-electron chi connectivity index (χ0n) is 8.50. The van der Waals surface area contributed by atoms with E-state index in [9.17, 15) is 13.2 Å². The summed E-state index contributed by atoms with van der Waals surface area (Å²) in [7, 11) is 0. The number of carboxylic acids is 1. The summed E-state index contributed by atoms with van der Waals surface area (Å²) < 4.78 is 31.7. The highest BCUT2D eigenvalue weighted by Crippen LogP contribution is 2.21. The van der Waals surface area contributed by atoms with E-state index in [-0.39, 0.29) is 0 Å². The Kier molecular flexibility index (Phi) is 5.82. The van der Waals surface area contributed by atoms with Crippen LogP contribution in [0.15, 0.2) is 0 Å². The molecule has 0 aromatic carbocycles. The van der Waals surface area contributed by atoms with Gasteiger partial charge in [0.15, 0.2) is 0 Å². The maximum Gasteiger partial charge on any atom is 0.490 e. The van der Waals surface area contributed by atoms with Gasteiger partial charge in [-0.25, -0.2) is 4.79 Å². The van der Waals surface area contributed by atoms with Crippen LogP contribution in [0.2, 0.25) is 0 Å². The topological polar surface area (TPSA) is 87.1 Å². The number of halogens is 3. The second-order valence-electron chi connectivity index (χ2n) is 3.54. The van der Waals surface area contributed by atoms with Crippen molar-refractivity contribution in [2.75, 3.05) is 0 Å². The number of hydrogen-bond acceptors (Lipinski definition) is 3. The van der Waals surface area contributed by atoms with Gasteiger partial charge in [-0.3, -0.25) is 0 Å². The van der Waals surface area contributed by atoms with Crippen molar-refractivity contribution < 1.29 is 23.1 Å². The summed E-state index contributed by atoms with van der Waals surface area (Å²) in [5, 5.41) is 15.6. The van der Waals surface area contributed by atoms with Gasteiger partial charge in [-0.05, 0) is 25.7 Å². The lowest BCUT2D eigenvalue weighted by atomic mass is 9.88. The Labute approximate surface area is 90.8 Å². The first kappa shape index (κ1) is 14.7. The van der Waals surface area contributed by atoms with Crippen LogP contribution in [-0.4, -0.2) is 23.3 Å². The van der Waals surface area contributed by atoms with E-state index in [0.717, 1.165) is 25.7 Å². The fourth-order valence-corrected chi connectivity index (χ4v) is 1.25. The molecular formula is C9H13F3N2O2. The molecule has 3 N–H and O–H groups in total. The lowest BCUT2D eigenvalue weighted by Crippen LogP contribution is -2.25. The van der Waals surface area contributed by atoms with Gasteiger partial charge in [-0.1, -0.05) is 0 Å². The summed E-state index contributed by atoms with van der Waals surface area (Å²) in [6.45, 7) is 0. The summed E-state index contributed by atoms with van der Waals surface area (Å²) >= 11 is 0. The third kappa shape index (κ3) is 6.24. The molecule has 0 bridgehead atoms. The normalized spacial score (nSPS) is 24.9. The molecule has 0 aliphatic heterocycles. The summed E-state index contributed by atoms with van der Waals surface area (Å²) in [5.41, 5.74) is 5.64. The molecule has 7 heteroatoms. The molecule has 0 spiro atoms. The first-order chi connectivity index (χ1) is 7.27. The monoisotopic (exact) mass is 238 g/mol. The lowest BCUT2D eigenvalue weighted by Gasteiger charge is -2.20. The minimum Gasteiger partial charge on any atom is -0.475 e. The summed E-state index contributed by atoms with van der Waals surface area (Å²) in [6.07, 6.45) is -0.980. The highest BCUT2D eigenvalue weighted by molar-refractivity contribution is 5.73. The van der Waals surface area contributed by atoms with Crippen LogP contribution >= 0.6 is 0 Å². The summed E-state index contributed by atoms with van der Waals surface area (Å²) in [5.74, 6) is -2.46. The van der Waals surface area contributed by atoms with Crippen molar-refractivity contribution in [2.45, 2.75) is 37.9 Å². The minimum absolute atomic E-state index is 0.296. The molecule has 92 valence electrons.